The molecule has 0 unspecified atom stereocenters. The van der Waals surface area contributed by atoms with Crippen LogP contribution in [0.3, 0.4) is 0 Å². The molecule has 2 N–H and O–H groups in total. The van der Waals surface area contributed by atoms with Gasteiger partial charge in [0, 0.05) is 11.8 Å². The molecule has 0 fully saturated rings. The normalized spacial score (nSPS) is 11.5. The second-order valence-electron chi connectivity index (χ2n) is 7.50. The number of sulfone groups is 1. The Morgan fingerprint density at radius 3 is 2.44 bits per heavy atom. The third-order valence-corrected chi connectivity index (χ3v) is 6.87. The third-order valence-electron chi connectivity index (χ3n) is 5.09. The number of phenolic OH excluding ortho intramolecular Hbond substituents is 1. The minimum atomic E-state index is -3.51. The molecule has 4 rings (SSSR count). The van der Waals surface area contributed by atoms with Crippen LogP contribution in [-0.4, -0.2) is 35.2 Å². The van der Waals surface area contributed by atoms with Gasteiger partial charge in [0.1, 0.15) is 0 Å². The summed E-state index contributed by atoms with van der Waals surface area (Å²) >= 11 is 11.8. The first kappa shape index (κ1) is 23.7. The van der Waals surface area contributed by atoms with Crippen molar-refractivity contribution in [1.82, 2.24) is 9.55 Å². The number of carbonyl (C=O) groups excluding carboxylic acids is 1. The summed E-state index contributed by atoms with van der Waals surface area (Å²) in [6.07, 6.45) is 2.43. The molecule has 0 radical (unpaired) electrons. The van der Waals surface area contributed by atoms with E-state index in [1.54, 1.807) is 36.4 Å². The summed E-state index contributed by atoms with van der Waals surface area (Å²) in [6, 6.07) is 13.7. The number of anilines is 1. The molecular formula is C23H17Cl2N3O5S. The van der Waals surface area contributed by atoms with Crippen molar-refractivity contribution < 1.29 is 18.3 Å². The molecule has 34 heavy (non-hydrogen) atoms. The first-order valence-electron chi connectivity index (χ1n) is 9.81. The zero-order valence-electron chi connectivity index (χ0n) is 17.6. The van der Waals surface area contributed by atoms with Crippen LogP contribution in [0.15, 0.2) is 70.6 Å². The lowest BCUT2D eigenvalue weighted by molar-refractivity contribution is 0.102. The number of hydrogen-bond acceptors (Lipinski definition) is 6. The average Bonchev–Trinajstić information content (AvgIpc) is 2.78. The molecule has 0 saturated heterocycles. The Hall–Kier alpha value is -3.40. The summed E-state index contributed by atoms with van der Waals surface area (Å²) in [5, 5.41) is 12.3. The summed E-state index contributed by atoms with van der Waals surface area (Å²) in [4.78, 5) is 30.6. The number of fused-ring (bicyclic) bond motifs is 1. The van der Waals surface area contributed by atoms with Gasteiger partial charge >= 0.3 is 0 Å². The smallest absolute Gasteiger partial charge is 0.263 e. The Kier molecular flexibility index (Phi) is 6.35. The fraction of sp³-hybridized carbons (Fsp3) is 0.0870. The van der Waals surface area contributed by atoms with E-state index < -0.39 is 21.3 Å². The monoisotopic (exact) mass is 517 g/mol. The maximum absolute atomic E-state index is 13.3. The minimum absolute atomic E-state index is 0.0313. The van der Waals surface area contributed by atoms with Gasteiger partial charge < -0.3 is 10.4 Å². The van der Waals surface area contributed by atoms with Crippen LogP contribution in [0.1, 0.15) is 15.9 Å². The van der Waals surface area contributed by atoms with E-state index in [9.17, 15) is 23.1 Å². The molecule has 0 aliphatic rings. The topological polar surface area (TPSA) is 118 Å². The molecule has 8 nitrogen and oxygen atoms in total. The number of nitrogens with zero attached hydrogens (tertiary/aromatic N) is 2. The van der Waals surface area contributed by atoms with E-state index in [4.69, 9.17) is 23.2 Å². The highest BCUT2D eigenvalue weighted by Gasteiger charge is 2.17. The van der Waals surface area contributed by atoms with Gasteiger partial charge in [-0.3, -0.25) is 14.2 Å². The van der Waals surface area contributed by atoms with Crippen LogP contribution in [0.25, 0.3) is 10.9 Å². The number of aromatic nitrogens is 2. The van der Waals surface area contributed by atoms with Crippen molar-refractivity contribution in [2.75, 3.05) is 11.6 Å². The summed E-state index contributed by atoms with van der Waals surface area (Å²) in [7, 11) is -3.51. The summed E-state index contributed by atoms with van der Waals surface area (Å²) in [6.45, 7) is -0.0313. The zero-order chi connectivity index (χ0) is 24.6. The minimum Gasteiger partial charge on any atom is -0.505 e. The molecule has 0 spiro atoms. The second-order valence-corrected chi connectivity index (χ2v) is 10.3. The van der Waals surface area contributed by atoms with Crippen molar-refractivity contribution in [3.8, 4) is 5.75 Å². The highest BCUT2D eigenvalue weighted by Crippen LogP contribution is 2.33. The molecule has 4 aromatic rings. The second kappa shape index (κ2) is 9.09. The highest BCUT2D eigenvalue weighted by atomic mass is 35.5. The van der Waals surface area contributed by atoms with Gasteiger partial charge in [-0.25, -0.2) is 13.4 Å². The van der Waals surface area contributed by atoms with E-state index in [2.05, 4.69) is 10.3 Å². The number of rotatable bonds is 5. The zero-order valence-corrected chi connectivity index (χ0v) is 19.9. The van der Waals surface area contributed by atoms with E-state index in [-0.39, 0.29) is 43.9 Å². The SMILES string of the molecule is CS(=O)(=O)c1ccccc1Cn1cnc2cccc(NC(=O)c3cc(Cl)c(O)c(Cl)c3)c2c1=O. The van der Waals surface area contributed by atoms with Gasteiger partial charge in [0.05, 0.1) is 44.4 Å². The molecule has 1 heterocycles. The van der Waals surface area contributed by atoms with Crippen molar-refractivity contribution in [3.05, 3.63) is 92.5 Å². The van der Waals surface area contributed by atoms with Crippen molar-refractivity contribution in [1.29, 1.82) is 0 Å². The largest absolute Gasteiger partial charge is 0.505 e. The van der Waals surface area contributed by atoms with E-state index in [0.29, 0.717) is 11.1 Å². The van der Waals surface area contributed by atoms with Crippen molar-refractivity contribution in [2.45, 2.75) is 11.4 Å². The molecule has 0 atom stereocenters. The van der Waals surface area contributed by atoms with Crippen LogP contribution in [0.5, 0.6) is 5.75 Å². The molecule has 0 aliphatic heterocycles. The summed E-state index contributed by atoms with van der Waals surface area (Å²) in [5.41, 5.74) is 0.591. The predicted molar refractivity (Wildman–Crippen MR) is 131 cm³/mol. The van der Waals surface area contributed by atoms with E-state index >= 15 is 0 Å². The van der Waals surface area contributed by atoms with Crippen LogP contribution in [-0.2, 0) is 16.4 Å². The Morgan fingerprint density at radius 2 is 1.76 bits per heavy atom. The Labute approximate surface area is 204 Å². The van der Waals surface area contributed by atoms with Gasteiger partial charge in [-0.2, -0.15) is 0 Å². The lowest BCUT2D eigenvalue weighted by atomic mass is 10.1. The van der Waals surface area contributed by atoms with E-state index in [1.165, 1.54) is 29.1 Å². The number of benzene rings is 3. The van der Waals surface area contributed by atoms with Crippen molar-refractivity contribution in [3.63, 3.8) is 0 Å². The first-order chi connectivity index (χ1) is 16.1. The average molecular weight is 518 g/mol. The number of aromatic hydroxyl groups is 1. The predicted octanol–water partition coefficient (Wildman–Crippen LogP) is 4.11. The number of nitrogens with one attached hydrogen (secondary N) is 1. The fourth-order valence-electron chi connectivity index (χ4n) is 3.49. The Balaban J connectivity index is 1.76. The first-order valence-corrected chi connectivity index (χ1v) is 12.5. The molecule has 1 aromatic heterocycles. The van der Waals surface area contributed by atoms with Crippen molar-refractivity contribution >= 4 is 55.5 Å². The molecule has 11 heteroatoms. The van der Waals surface area contributed by atoms with Gasteiger partial charge in [0.2, 0.25) is 0 Å². The molecule has 0 bridgehead atoms. The molecule has 0 saturated carbocycles. The lowest BCUT2D eigenvalue weighted by Gasteiger charge is -2.13. The number of phenols is 1. The quantitative estimate of drug-likeness (QED) is 0.411. The van der Waals surface area contributed by atoms with Crippen LogP contribution in [0.2, 0.25) is 10.0 Å². The van der Waals surface area contributed by atoms with Crippen LogP contribution in [0.4, 0.5) is 5.69 Å². The van der Waals surface area contributed by atoms with Gasteiger partial charge in [-0.05, 0) is 35.9 Å². The third kappa shape index (κ3) is 4.63. The maximum Gasteiger partial charge on any atom is 0.263 e. The van der Waals surface area contributed by atoms with Gasteiger partial charge in [0.15, 0.2) is 15.6 Å². The Morgan fingerprint density at radius 1 is 1.09 bits per heavy atom. The van der Waals surface area contributed by atoms with Crippen molar-refractivity contribution in [2.24, 2.45) is 0 Å². The van der Waals surface area contributed by atoms with E-state index in [1.807, 2.05) is 0 Å². The Bertz CT molecular complexity index is 1590. The summed E-state index contributed by atoms with van der Waals surface area (Å²) in [5.74, 6) is -0.944. The molecular weight excluding hydrogens is 501 g/mol. The maximum atomic E-state index is 13.3. The van der Waals surface area contributed by atoms with Crippen LogP contribution < -0.4 is 10.9 Å². The molecule has 174 valence electrons. The van der Waals surface area contributed by atoms with Crippen LogP contribution in [0, 0.1) is 0 Å². The van der Waals surface area contributed by atoms with E-state index in [0.717, 1.165) is 6.26 Å². The molecule has 0 aliphatic carbocycles. The number of halogens is 2. The summed E-state index contributed by atoms with van der Waals surface area (Å²) < 4.78 is 25.5. The lowest BCUT2D eigenvalue weighted by Crippen LogP contribution is -2.23. The number of carbonyl (C=O) groups is 1. The fourth-order valence-corrected chi connectivity index (χ4v) is 4.91. The van der Waals surface area contributed by atoms with Gasteiger partial charge in [-0.1, -0.05) is 47.5 Å². The standard InChI is InChI=1S/C23H17Cl2N3O5S/c1-34(32,33)19-8-3-2-5-13(19)11-28-12-26-17-6-4-7-18(20(17)23(28)31)27-22(30)14-9-15(24)21(29)16(25)10-14/h2-10,12,29H,11H2,1H3,(H,27,30). The number of hydrogen-bond donors (Lipinski definition) is 2. The van der Waals surface area contributed by atoms with Gasteiger partial charge in [0.25, 0.3) is 11.5 Å². The van der Waals surface area contributed by atoms with Gasteiger partial charge in [-0.15, -0.1) is 0 Å². The molecule has 3 aromatic carbocycles. The number of amides is 1. The molecule has 1 amide bonds. The highest BCUT2D eigenvalue weighted by molar-refractivity contribution is 7.90. The van der Waals surface area contributed by atoms with Crippen LogP contribution >= 0.6 is 23.2 Å².